The van der Waals surface area contributed by atoms with Crippen LogP contribution in [0.25, 0.3) is 0 Å². The van der Waals surface area contributed by atoms with Gasteiger partial charge in [0.15, 0.2) is 0 Å². The number of aliphatic hydroxyl groups excluding tert-OH is 1. The van der Waals surface area contributed by atoms with Gasteiger partial charge in [0.25, 0.3) is 0 Å². The lowest BCUT2D eigenvalue weighted by Crippen LogP contribution is -2.41. The first-order valence-electron chi connectivity index (χ1n) is 5.47. The number of hydrogen-bond acceptors (Lipinski definition) is 3. The first-order valence-corrected chi connectivity index (χ1v) is 5.47. The minimum absolute atomic E-state index is 0.0582. The van der Waals surface area contributed by atoms with Crippen LogP contribution in [0, 0.1) is 0 Å². The van der Waals surface area contributed by atoms with E-state index >= 15 is 0 Å². The second kappa shape index (κ2) is 4.53. The zero-order valence-electron chi connectivity index (χ0n) is 9.23. The largest absolute Gasteiger partial charge is 0.392 e. The lowest BCUT2D eigenvalue weighted by molar-refractivity contribution is -0.122. The summed E-state index contributed by atoms with van der Waals surface area (Å²) in [7, 11) is 0. The minimum Gasteiger partial charge on any atom is -0.392 e. The summed E-state index contributed by atoms with van der Waals surface area (Å²) >= 11 is 0. The third kappa shape index (κ3) is 2.33. The van der Waals surface area contributed by atoms with Crippen LogP contribution in [-0.2, 0) is 11.2 Å². The normalized spacial score (nSPS) is 19.8. The monoisotopic (exact) mass is 220 g/mol. The maximum atomic E-state index is 11.7. The number of anilines is 1. The predicted molar refractivity (Wildman–Crippen MR) is 62.2 cm³/mol. The van der Waals surface area contributed by atoms with Crippen molar-refractivity contribution in [2.45, 2.75) is 25.5 Å². The molecule has 86 valence electrons. The first kappa shape index (κ1) is 11.0. The second-order valence-corrected chi connectivity index (χ2v) is 4.15. The molecule has 1 aliphatic heterocycles. The molecule has 2 atom stereocenters. The summed E-state index contributed by atoms with van der Waals surface area (Å²) in [4.78, 5) is 11.7. The number of nitrogens with one attached hydrogen (secondary N) is 2. The molecular weight excluding hydrogens is 204 g/mol. The number of amides is 1. The molecule has 0 bridgehead atoms. The Balaban J connectivity index is 1.93. The van der Waals surface area contributed by atoms with Gasteiger partial charge in [-0.05, 0) is 18.6 Å². The van der Waals surface area contributed by atoms with Crippen molar-refractivity contribution in [2.75, 3.05) is 11.9 Å². The van der Waals surface area contributed by atoms with E-state index in [1.165, 1.54) is 5.56 Å². The summed E-state index contributed by atoms with van der Waals surface area (Å²) in [5, 5.41) is 15.0. The number of aliphatic hydroxyl groups is 1. The van der Waals surface area contributed by atoms with Crippen LogP contribution in [-0.4, -0.2) is 29.7 Å². The Bertz CT molecular complexity index is 365. The first-order chi connectivity index (χ1) is 7.66. The maximum Gasteiger partial charge on any atom is 0.242 e. The summed E-state index contributed by atoms with van der Waals surface area (Å²) in [6.45, 7) is 1.95. The van der Waals surface area contributed by atoms with Crippen molar-refractivity contribution < 1.29 is 9.90 Å². The van der Waals surface area contributed by atoms with Gasteiger partial charge in [-0.1, -0.05) is 18.2 Å². The van der Waals surface area contributed by atoms with E-state index in [0.717, 1.165) is 5.69 Å². The molecule has 1 heterocycles. The molecule has 0 radical (unpaired) electrons. The SMILES string of the molecule is C[C@H](O)CNC(=O)[C@@H]1Cc2ccccc2N1. The van der Waals surface area contributed by atoms with Crippen LogP contribution < -0.4 is 10.6 Å². The Labute approximate surface area is 94.7 Å². The van der Waals surface area contributed by atoms with Gasteiger partial charge in [0.2, 0.25) is 5.91 Å². The van der Waals surface area contributed by atoms with Gasteiger partial charge in [0.1, 0.15) is 6.04 Å². The average molecular weight is 220 g/mol. The van der Waals surface area contributed by atoms with Crippen LogP contribution in [0.15, 0.2) is 24.3 Å². The topological polar surface area (TPSA) is 61.4 Å². The van der Waals surface area contributed by atoms with Gasteiger partial charge in [-0.15, -0.1) is 0 Å². The molecule has 1 aromatic carbocycles. The quantitative estimate of drug-likeness (QED) is 0.696. The summed E-state index contributed by atoms with van der Waals surface area (Å²) in [5.74, 6) is -0.0582. The molecular formula is C12H16N2O2. The molecule has 0 spiro atoms. The molecule has 0 saturated heterocycles. The van der Waals surface area contributed by atoms with E-state index in [0.29, 0.717) is 13.0 Å². The molecule has 4 heteroatoms. The van der Waals surface area contributed by atoms with Gasteiger partial charge < -0.3 is 15.7 Å². The van der Waals surface area contributed by atoms with Crippen molar-refractivity contribution in [3.63, 3.8) is 0 Å². The molecule has 1 amide bonds. The van der Waals surface area contributed by atoms with E-state index < -0.39 is 6.10 Å². The van der Waals surface area contributed by atoms with E-state index in [2.05, 4.69) is 10.6 Å². The lowest BCUT2D eigenvalue weighted by Gasteiger charge is -2.12. The summed E-state index contributed by atoms with van der Waals surface area (Å²) in [6, 6.07) is 7.69. The van der Waals surface area contributed by atoms with Crippen LogP contribution in [0.4, 0.5) is 5.69 Å². The van der Waals surface area contributed by atoms with Crippen LogP contribution in [0.2, 0.25) is 0 Å². The molecule has 4 nitrogen and oxygen atoms in total. The van der Waals surface area contributed by atoms with Crippen LogP contribution >= 0.6 is 0 Å². The van der Waals surface area contributed by atoms with Gasteiger partial charge in [0, 0.05) is 18.7 Å². The Morgan fingerprint density at radius 2 is 2.38 bits per heavy atom. The van der Waals surface area contributed by atoms with E-state index in [1.54, 1.807) is 6.92 Å². The second-order valence-electron chi connectivity index (χ2n) is 4.15. The van der Waals surface area contributed by atoms with Gasteiger partial charge in [-0.3, -0.25) is 4.79 Å². The third-order valence-electron chi connectivity index (χ3n) is 2.66. The van der Waals surface area contributed by atoms with Crippen LogP contribution in [0.3, 0.4) is 0 Å². The van der Waals surface area contributed by atoms with Crippen molar-refractivity contribution >= 4 is 11.6 Å². The zero-order chi connectivity index (χ0) is 11.5. The van der Waals surface area contributed by atoms with Crippen molar-refractivity contribution in [1.29, 1.82) is 0 Å². The molecule has 1 aliphatic rings. The van der Waals surface area contributed by atoms with Crippen molar-refractivity contribution in [1.82, 2.24) is 5.32 Å². The van der Waals surface area contributed by atoms with Gasteiger partial charge in [-0.2, -0.15) is 0 Å². The standard InChI is InChI=1S/C12H16N2O2/c1-8(15)7-13-12(16)11-6-9-4-2-3-5-10(9)14-11/h2-5,8,11,14-15H,6-7H2,1H3,(H,13,16)/t8-,11-/m0/s1. The van der Waals surface area contributed by atoms with E-state index in [9.17, 15) is 4.79 Å². The Kier molecular flexibility index (Phi) is 3.10. The highest BCUT2D eigenvalue weighted by Crippen LogP contribution is 2.24. The van der Waals surface area contributed by atoms with Crippen molar-refractivity contribution in [2.24, 2.45) is 0 Å². The van der Waals surface area contributed by atoms with Crippen LogP contribution in [0.1, 0.15) is 12.5 Å². The molecule has 1 aromatic rings. The number of benzene rings is 1. The molecule has 16 heavy (non-hydrogen) atoms. The Morgan fingerprint density at radius 3 is 3.06 bits per heavy atom. The number of fused-ring (bicyclic) bond motifs is 1. The van der Waals surface area contributed by atoms with E-state index in [4.69, 9.17) is 5.11 Å². The van der Waals surface area contributed by atoms with Crippen LogP contribution in [0.5, 0.6) is 0 Å². The number of carbonyl (C=O) groups is 1. The zero-order valence-corrected chi connectivity index (χ0v) is 9.23. The number of para-hydroxylation sites is 1. The van der Waals surface area contributed by atoms with Gasteiger partial charge in [0.05, 0.1) is 6.10 Å². The average Bonchev–Trinajstić information content (AvgIpc) is 2.69. The van der Waals surface area contributed by atoms with Gasteiger partial charge >= 0.3 is 0 Å². The molecule has 0 aromatic heterocycles. The Hall–Kier alpha value is -1.55. The molecule has 0 unspecified atom stereocenters. The van der Waals surface area contributed by atoms with E-state index in [1.807, 2.05) is 24.3 Å². The summed E-state index contributed by atoms with van der Waals surface area (Å²) in [6.07, 6.45) is 0.203. The highest BCUT2D eigenvalue weighted by Gasteiger charge is 2.25. The highest BCUT2D eigenvalue weighted by molar-refractivity contribution is 5.87. The van der Waals surface area contributed by atoms with E-state index in [-0.39, 0.29) is 11.9 Å². The smallest absolute Gasteiger partial charge is 0.242 e. The summed E-state index contributed by atoms with van der Waals surface area (Å²) in [5.41, 5.74) is 2.19. The highest BCUT2D eigenvalue weighted by atomic mass is 16.3. The summed E-state index contributed by atoms with van der Waals surface area (Å²) < 4.78 is 0. The predicted octanol–water partition coefficient (Wildman–Crippen LogP) is 0.520. The minimum atomic E-state index is -0.507. The molecule has 0 aliphatic carbocycles. The fourth-order valence-corrected chi connectivity index (χ4v) is 1.83. The third-order valence-corrected chi connectivity index (χ3v) is 2.66. The molecule has 3 N–H and O–H groups in total. The molecule has 0 saturated carbocycles. The number of carbonyl (C=O) groups excluding carboxylic acids is 1. The molecule has 0 fully saturated rings. The number of rotatable bonds is 3. The Morgan fingerprint density at radius 1 is 1.62 bits per heavy atom. The van der Waals surface area contributed by atoms with Crippen molar-refractivity contribution in [3.05, 3.63) is 29.8 Å². The van der Waals surface area contributed by atoms with Gasteiger partial charge in [-0.25, -0.2) is 0 Å². The lowest BCUT2D eigenvalue weighted by atomic mass is 10.1. The maximum absolute atomic E-state index is 11.7. The van der Waals surface area contributed by atoms with Crippen molar-refractivity contribution in [3.8, 4) is 0 Å². The fraction of sp³-hybridized carbons (Fsp3) is 0.417. The number of hydrogen-bond donors (Lipinski definition) is 3. The molecule has 2 rings (SSSR count). The fourth-order valence-electron chi connectivity index (χ4n) is 1.83.